The molecule has 4 atom stereocenters. The van der Waals surface area contributed by atoms with Crippen LogP contribution in [0.2, 0.25) is 10.0 Å². The van der Waals surface area contributed by atoms with Gasteiger partial charge in [-0.1, -0.05) is 47.5 Å². The Morgan fingerprint density at radius 3 is 2.24 bits per heavy atom. The zero-order valence-corrected chi connectivity index (χ0v) is 20.1. The lowest BCUT2D eigenvalue weighted by molar-refractivity contribution is -0.140. The van der Waals surface area contributed by atoms with Gasteiger partial charge in [0, 0.05) is 5.02 Å². The summed E-state index contributed by atoms with van der Waals surface area (Å²) in [5.74, 6) is 0.108. The molecule has 2 bridgehead atoms. The number of carbonyl (C=O) groups is 2. The van der Waals surface area contributed by atoms with Crippen molar-refractivity contribution in [2.24, 2.45) is 28.8 Å². The third-order valence-corrected chi connectivity index (χ3v) is 7.22. The minimum atomic E-state index is -0.292. The lowest BCUT2D eigenvalue weighted by atomic mass is 9.63. The summed E-state index contributed by atoms with van der Waals surface area (Å²) < 4.78 is 11.7. The fourth-order valence-corrected chi connectivity index (χ4v) is 5.50. The minimum absolute atomic E-state index is 0.128. The molecule has 8 heteroatoms. The van der Waals surface area contributed by atoms with Gasteiger partial charge in [0.1, 0.15) is 6.61 Å². The molecule has 1 saturated heterocycles. The average Bonchev–Trinajstić information content (AvgIpc) is 3.11. The largest absolute Gasteiger partial charge is 0.490 e. The summed E-state index contributed by atoms with van der Waals surface area (Å²) in [6.45, 7) is 2.57. The number of rotatable bonds is 7. The van der Waals surface area contributed by atoms with Crippen LogP contribution in [0.3, 0.4) is 0 Å². The molecule has 1 saturated carbocycles. The maximum atomic E-state index is 13.0. The number of imide groups is 1. The zero-order chi connectivity index (χ0) is 23.8. The lowest BCUT2D eigenvalue weighted by Crippen LogP contribution is -2.38. The van der Waals surface area contributed by atoms with E-state index in [0.717, 1.165) is 23.4 Å². The second-order valence-corrected chi connectivity index (χ2v) is 9.60. The number of hydrogen-bond donors (Lipinski definition) is 0. The van der Waals surface area contributed by atoms with E-state index in [-0.39, 0.29) is 35.5 Å². The third-order valence-electron chi connectivity index (χ3n) is 6.69. The Morgan fingerprint density at radius 2 is 1.65 bits per heavy atom. The maximum Gasteiger partial charge on any atom is 0.254 e. The Morgan fingerprint density at radius 1 is 1.00 bits per heavy atom. The number of allylic oxidation sites excluding steroid dienone is 2. The number of hydrogen-bond acceptors (Lipinski definition) is 5. The number of ether oxygens (including phenoxy) is 2. The summed E-state index contributed by atoms with van der Waals surface area (Å²) in [5, 5.41) is 6.29. The van der Waals surface area contributed by atoms with E-state index in [4.69, 9.17) is 32.7 Å². The highest BCUT2D eigenvalue weighted by Crippen LogP contribution is 2.49. The van der Waals surface area contributed by atoms with E-state index in [1.165, 1.54) is 6.21 Å². The summed E-state index contributed by atoms with van der Waals surface area (Å²) >= 11 is 12.5. The Balaban J connectivity index is 1.35. The first-order valence-electron chi connectivity index (χ1n) is 11.4. The van der Waals surface area contributed by atoms with Crippen molar-refractivity contribution >= 4 is 41.2 Å². The van der Waals surface area contributed by atoms with E-state index in [1.54, 1.807) is 24.3 Å². The molecule has 3 aliphatic carbocycles. The van der Waals surface area contributed by atoms with Crippen molar-refractivity contribution in [3.63, 3.8) is 0 Å². The molecule has 6 rings (SSSR count). The number of fused-ring (bicyclic) bond motifs is 1. The van der Waals surface area contributed by atoms with Crippen molar-refractivity contribution in [1.82, 2.24) is 5.01 Å². The molecule has 4 aliphatic rings. The van der Waals surface area contributed by atoms with Crippen molar-refractivity contribution < 1.29 is 19.1 Å². The Bertz CT molecular complexity index is 1150. The molecule has 2 amide bonds. The van der Waals surface area contributed by atoms with Crippen LogP contribution in [0.5, 0.6) is 11.5 Å². The molecule has 6 nitrogen and oxygen atoms in total. The highest BCUT2D eigenvalue weighted by molar-refractivity contribution is 6.32. The lowest BCUT2D eigenvalue weighted by Gasteiger charge is -2.37. The molecule has 0 radical (unpaired) electrons. The van der Waals surface area contributed by atoms with Crippen LogP contribution in [-0.2, 0) is 16.2 Å². The first-order valence-corrected chi connectivity index (χ1v) is 12.2. The van der Waals surface area contributed by atoms with Gasteiger partial charge in [0.2, 0.25) is 0 Å². The summed E-state index contributed by atoms with van der Waals surface area (Å²) in [7, 11) is 0. The maximum absolute atomic E-state index is 13.0. The molecule has 0 aromatic heterocycles. The number of hydrazone groups is 1. The zero-order valence-electron chi connectivity index (χ0n) is 18.6. The van der Waals surface area contributed by atoms with Crippen LogP contribution in [0.15, 0.2) is 53.7 Å². The standard InChI is InChI=1S/C26H24Cl2N2O4/c1-2-33-21-12-16(11-20(28)24(21)34-14-15-3-9-19(27)10-4-15)13-29-30-25(31)22-17-5-6-18(8-7-17)23(22)26(30)32/h3-6,9-13,17-18,22-23H,2,7-8,14H2,1H3/b29-13-/t17-,18-,22+,23+/m0/s1. The van der Waals surface area contributed by atoms with Gasteiger partial charge in [-0.25, -0.2) is 0 Å². The van der Waals surface area contributed by atoms with Crippen molar-refractivity contribution in [3.05, 3.63) is 69.7 Å². The van der Waals surface area contributed by atoms with E-state index in [1.807, 2.05) is 19.1 Å². The Hall–Kier alpha value is -2.83. The Labute approximate surface area is 208 Å². The molecular weight excluding hydrogens is 475 g/mol. The minimum Gasteiger partial charge on any atom is -0.490 e. The Kier molecular flexibility index (Phi) is 6.36. The molecule has 1 heterocycles. The van der Waals surface area contributed by atoms with Gasteiger partial charge in [-0.05, 0) is 67.0 Å². The van der Waals surface area contributed by atoms with E-state index < -0.39 is 0 Å². The fraction of sp³-hybridized carbons (Fsp3) is 0.346. The van der Waals surface area contributed by atoms with Crippen molar-refractivity contribution in [3.8, 4) is 11.5 Å². The van der Waals surface area contributed by atoms with Crippen LogP contribution in [0, 0.1) is 23.7 Å². The second-order valence-electron chi connectivity index (χ2n) is 8.75. The van der Waals surface area contributed by atoms with E-state index in [2.05, 4.69) is 17.3 Å². The highest BCUT2D eigenvalue weighted by Gasteiger charge is 2.56. The predicted molar refractivity (Wildman–Crippen MR) is 130 cm³/mol. The second kappa shape index (κ2) is 9.43. The smallest absolute Gasteiger partial charge is 0.254 e. The number of carbonyl (C=O) groups excluding carboxylic acids is 2. The van der Waals surface area contributed by atoms with Crippen LogP contribution in [-0.4, -0.2) is 29.6 Å². The van der Waals surface area contributed by atoms with Gasteiger partial charge in [0.25, 0.3) is 11.8 Å². The molecule has 176 valence electrons. The van der Waals surface area contributed by atoms with Crippen LogP contribution >= 0.6 is 23.2 Å². The first kappa shape index (κ1) is 22.9. The molecule has 34 heavy (non-hydrogen) atoms. The average molecular weight is 499 g/mol. The number of nitrogens with zero attached hydrogens (tertiary/aromatic N) is 2. The van der Waals surface area contributed by atoms with Gasteiger partial charge in [-0.2, -0.15) is 10.1 Å². The molecule has 0 unspecified atom stereocenters. The van der Waals surface area contributed by atoms with Crippen molar-refractivity contribution in [2.45, 2.75) is 26.4 Å². The van der Waals surface area contributed by atoms with Crippen LogP contribution < -0.4 is 9.47 Å². The fourth-order valence-electron chi connectivity index (χ4n) is 5.10. The van der Waals surface area contributed by atoms with Gasteiger partial charge in [-0.15, -0.1) is 0 Å². The number of amides is 2. The summed E-state index contributed by atoms with van der Waals surface area (Å²) in [4.78, 5) is 25.9. The van der Waals surface area contributed by atoms with Crippen molar-refractivity contribution in [1.29, 1.82) is 0 Å². The topological polar surface area (TPSA) is 68.2 Å². The highest BCUT2D eigenvalue weighted by atomic mass is 35.5. The third kappa shape index (κ3) is 4.21. The summed E-state index contributed by atoms with van der Waals surface area (Å²) in [6.07, 6.45) is 7.54. The first-order chi connectivity index (χ1) is 16.5. The normalized spacial score (nSPS) is 25.3. The molecule has 2 aromatic carbocycles. The van der Waals surface area contributed by atoms with Gasteiger partial charge in [0.05, 0.1) is 29.7 Å². The van der Waals surface area contributed by atoms with Gasteiger partial charge in [0.15, 0.2) is 11.5 Å². The molecule has 0 N–H and O–H groups in total. The molecule has 2 aromatic rings. The molecule has 0 spiro atoms. The van der Waals surface area contributed by atoms with Gasteiger partial charge in [-0.3, -0.25) is 9.59 Å². The molecule has 2 fully saturated rings. The predicted octanol–water partition coefficient (Wildman–Crippen LogP) is 5.50. The van der Waals surface area contributed by atoms with Gasteiger partial charge < -0.3 is 9.47 Å². The van der Waals surface area contributed by atoms with E-state index in [0.29, 0.717) is 40.3 Å². The number of benzene rings is 2. The van der Waals surface area contributed by atoms with Crippen LogP contribution in [0.4, 0.5) is 0 Å². The SMILES string of the molecule is CCOc1cc(/C=N\N2C(=O)[C@H]3[C@H](C2=O)[C@H]2C=C[C@H]3CC2)cc(Cl)c1OCc1ccc(Cl)cc1. The monoisotopic (exact) mass is 498 g/mol. The molecular formula is C26H24Cl2N2O4. The number of halogens is 2. The van der Waals surface area contributed by atoms with Crippen molar-refractivity contribution in [2.75, 3.05) is 6.61 Å². The van der Waals surface area contributed by atoms with E-state index >= 15 is 0 Å². The summed E-state index contributed by atoms with van der Waals surface area (Å²) in [5.41, 5.74) is 1.54. The quantitative estimate of drug-likeness (QED) is 0.287. The van der Waals surface area contributed by atoms with Crippen LogP contribution in [0.25, 0.3) is 0 Å². The van der Waals surface area contributed by atoms with E-state index in [9.17, 15) is 9.59 Å². The molecule has 1 aliphatic heterocycles. The van der Waals surface area contributed by atoms with Crippen LogP contribution in [0.1, 0.15) is 30.9 Å². The van der Waals surface area contributed by atoms with Gasteiger partial charge >= 0.3 is 0 Å². The summed E-state index contributed by atoms with van der Waals surface area (Å²) in [6, 6.07) is 10.8.